The maximum absolute atomic E-state index is 11.9. The van der Waals surface area contributed by atoms with Gasteiger partial charge in [-0.2, -0.15) is 0 Å². The summed E-state index contributed by atoms with van der Waals surface area (Å²) >= 11 is 0. The lowest BCUT2D eigenvalue weighted by Crippen LogP contribution is -2.36. The molecule has 2 aliphatic rings. The first-order chi connectivity index (χ1) is 13.9. The third-order valence-electron chi connectivity index (χ3n) is 5.99. The maximum Gasteiger partial charge on any atom is 0.409 e. The molecular weight excluding hydrogens is 397 g/mol. The van der Waals surface area contributed by atoms with Crippen molar-refractivity contribution in [2.24, 2.45) is 17.8 Å². The highest BCUT2D eigenvalue weighted by Gasteiger charge is 2.24. The van der Waals surface area contributed by atoms with Gasteiger partial charge in [0.2, 0.25) is 0 Å². The lowest BCUT2D eigenvalue weighted by atomic mass is 9.80. The van der Waals surface area contributed by atoms with Crippen molar-refractivity contribution in [2.45, 2.75) is 76.9 Å². The van der Waals surface area contributed by atoms with E-state index in [9.17, 15) is 19.3 Å². The van der Waals surface area contributed by atoms with Gasteiger partial charge in [-0.05, 0) is 50.4 Å². The zero-order valence-electron chi connectivity index (χ0n) is 17.1. The Balaban J connectivity index is 1.53. The molecule has 2 saturated carbocycles. The van der Waals surface area contributed by atoms with Crippen LogP contribution in [0.2, 0.25) is 0 Å². The molecular formula is C20H36NO7P. The van der Waals surface area contributed by atoms with Crippen LogP contribution in [0.1, 0.15) is 70.6 Å². The Kier molecular flexibility index (Phi) is 11.0. The molecule has 4 atom stereocenters. The van der Waals surface area contributed by atoms with Gasteiger partial charge in [0.25, 0.3) is 0 Å². The number of esters is 1. The number of rotatable bonds is 10. The number of hydrogen-bond acceptors (Lipinski definition) is 6. The second kappa shape index (κ2) is 13.2. The van der Waals surface area contributed by atoms with Crippen molar-refractivity contribution in [2.75, 3.05) is 19.4 Å². The summed E-state index contributed by atoms with van der Waals surface area (Å²) in [6, 6.07) is 0. The summed E-state index contributed by atoms with van der Waals surface area (Å²) in [5, 5.41) is 12.4. The molecule has 2 fully saturated rings. The Morgan fingerprint density at radius 3 is 2.41 bits per heavy atom. The van der Waals surface area contributed by atoms with Crippen LogP contribution in [0.3, 0.4) is 0 Å². The van der Waals surface area contributed by atoms with E-state index in [4.69, 9.17) is 14.4 Å². The minimum atomic E-state index is -2.43. The highest BCUT2D eigenvalue weighted by atomic mass is 31.1. The largest absolute Gasteiger partial charge is 0.462 e. The Bertz CT molecular complexity index is 539. The van der Waals surface area contributed by atoms with Crippen LogP contribution in [0, 0.1) is 17.8 Å². The van der Waals surface area contributed by atoms with Crippen molar-refractivity contribution in [1.82, 2.24) is 5.32 Å². The zero-order valence-corrected chi connectivity index (χ0v) is 18.1. The second-order valence-electron chi connectivity index (χ2n) is 8.37. The van der Waals surface area contributed by atoms with Gasteiger partial charge in [-0.15, -0.1) is 0 Å². The molecule has 0 heterocycles. The molecule has 0 radical (unpaired) electrons. The third kappa shape index (κ3) is 9.96. The van der Waals surface area contributed by atoms with E-state index in [1.165, 1.54) is 6.42 Å². The van der Waals surface area contributed by atoms with Gasteiger partial charge < -0.3 is 19.5 Å². The summed E-state index contributed by atoms with van der Waals surface area (Å²) in [5.41, 5.74) is 0. The fourth-order valence-electron chi connectivity index (χ4n) is 4.47. The number of aliphatic hydroxyl groups excluding tert-OH is 1. The molecule has 0 saturated heterocycles. The molecule has 3 N–H and O–H groups in total. The van der Waals surface area contributed by atoms with Crippen molar-refractivity contribution in [3.8, 4) is 0 Å². The zero-order chi connectivity index (χ0) is 21.1. The number of nitrogens with one attached hydrogen (secondary N) is 1. The highest BCUT2D eigenvalue weighted by Crippen LogP contribution is 2.35. The minimum Gasteiger partial charge on any atom is -0.462 e. The van der Waals surface area contributed by atoms with Crippen LogP contribution in [0.4, 0.5) is 4.79 Å². The van der Waals surface area contributed by atoms with Gasteiger partial charge in [0.15, 0.2) is 8.03 Å². The molecule has 168 valence electrons. The minimum absolute atomic E-state index is 0.0241. The predicted molar refractivity (Wildman–Crippen MR) is 109 cm³/mol. The Labute approximate surface area is 173 Å². The fraction of sp³-hybridized carbons (Fsp3) is 0.900. The molecule has 2 aliphatic carbocycles. The number of hydrogen-bond donors (Lipinski definition) is 3. The number of ether oxygens (including phenoxy) is 2. The van der Waals surface area contributed by atoms with Gasteiger partial charge in [-0.25, -0.2) is 4.79 Å². The van der Waals surface area contributed by atoms with Crippen molar-refractivity contribution in [3.63, 3.8) is 0 Å². The summed E-state index contributed by atoms with van der Waals surface area (Å²) in [7, 11) is -2.43. The molecule has 4 unspecified atom stereocenters. The van der Waals surface area contributed by atoms with E-state index in [-0.39, 0.29) is 31.0 Å². The average Bonchev–Trinajstić information content (AvgIpc) is 2.70. The fourth-order valence-corrected chi connectivity index (χ4v) is 5.34. The first kappa shape index (κ1) is 24.2. The molecule has 2 rings (SSSR count). The van der Waals surface area contributed by atoms with Gasteiger partial charge >= 0.3 is 12.1 Å². The Morgan fingerprint density at radius 2 is 1.69 bits per heavy atom. The second-order valence-corrected chi connectivity index (χ2v) is 9.57. The van der Waals surface area contributed by atoms with Crippen LogP contribution in [0.5, 0.6) is 0 Å². The van der Waals surface area contributed by atoms with E-state index < -0.39 is 20.3 Å². The van der Waals surface area contributed by atoms with Gasteiger partial charge in [0.05, 0.1) is 5.92 Å². The number of aliphatic hydroxyl groups is 1. The summed E-state index contributed by atoms with van der Waals surface area (Å²) < 4.78 is 21.2. The lowest BCUT2D eigenvalue weighted by molar-refractivity contribution is -0.150. The van der Waals surface area contributed by atoms with Gasteiger partial charge in [0, 0.05) is 6.16 Å². The van der Waals surface area contributed by atoms with E-state index in [1.807, 2.05) is 0 Å². The van der Waals surface area contributed by atoms with Gasteiger partial charge in [-0.1, -0.05) is 32.1 Å². The maximum atomic E-state index is 11.9. The number of carbonyl (C=O) groups is 2. The predicted octanol–water partition coefficient (Wildman–Crippen LogP) is 3.21. The van der Waals surface area contributed by atoms with Crippen LogP contribution in [-0.4, -0.2) is 47.7 Å². The van der Waals surface area contributed by atoms with Crippen molar-refractivity contribution in [3.05, 3.63) is 0 Å². The van der Waals surface area contributed by atoms with E-state index in [0.717, 1.165) is 57.8 Å². The van der Waals surface area contributed by atoms with E-state index >= 15 is 0 Å². The Hall–Kier alpha value is -1.11. The molecule has 0 aromatic heterocycles. The molecule has 0 aromatic carbocycles. The topological polar surface area (TPSA) is 122 Å². The molecule has 8 nitrogen and oxygen atoms in total. The van der Waals surface area contributed by atoms with E-state index in [1.54, 1.807) is 0 Å². The van der Waals surface area contributed by atoms with E-state index in [0.29, 0.717) is 18.5 Å². The lowest BCUT2D eigenvalue weighted by Gasteiger charge is -2.29. The van der Waals surface area contributed by atoms with E-state index in [2.05, 4.69) is 5.32 Å². The summed E-state index contributed by atoms with van der Waals surface area (Å²) in [4.78, 5) is 32.7. The summed E-state index contributed by atoms with van der Waals surface area (Å²) in [6.45, 7) is -0.0159. The Morgan fingerprint density at radius 1 is 1.00 bits per heavy atom. The third-order valence-corrected chi connectivity index (χ3v) is 6.91. The van der Waals surface area contributed by atoms with Gasteiger partial charge in [-0.3, -0.25) is 14.7 Å². The molecule has 9 heteroatoms. The summed E-state index contributed by atoms with van der Waals surface area (Å²) in [5.74, 6) is 0.446. The van der Waals surface area contributed by atoms with Crippen LogP contribution < -0.4 is 5.32 Å². The van der Waals surface area contributed by atoms with Crippen LogP contribution in [-0.2, 0) is 18.8 Å². The molecule has 29 heavy (non-hydrogen) atoms. The van der Waals surface area contributed by atoms with Crippen molar-refractivity contribution in [1.29, 1.82) is 0 Å². The number of amides is 1. The molecule has 0 aromatic rings. The van der Waals surface area contributed by atoms with Crippen molar-refractivity contribution < 1.29 is 33.6 Å². The normalized spacial score (nSPS) is 25.0. The quantitative estimate of drug-likeness (QED) is 0.209. The van der Waals surface area contributed by atoms with Crippen LogP contribution >= 0.6 is 8.03 Å². The SMILES string of the molecule is O=C(NC(O)CCC1CCCC(C[PH](=O)O)C1)OCCOC(=O)C1CCCCC1. The molecule has 1 amide bonds. The standard InChI is InChI=1S/C20H36NO7P/c22-18(10-9-15-5-4-6-16(13-15)14-29(25)26)21-20(24)28-12-11-27-19(23)17-7-2-1-3-8-17/h15-18,22,29H,1-14H2,(H,21,24)(H,25,26). The average molecular weight is 433 g/mol. The smallest absolute Gasteiger partial charge is 0.409 e. The van der Waals surface area contributed by atoms with Gasteiger partial charge in [0.1, 0.15) is 19.4 Å². The highest BCUT2D eigenvalue weighted by molar-refractivity contribution is 7.38. The van der Waals surface area contributed by atoms with Crippen LogP contribution in [0.25, 0.3) is 0 Å². The summed E-state index contributed by atoms with van der Waals surface area (Å²) in [6.07, 6.45) is 8.83. The molecule has 0 bridgehead atoms. The molecule has 0 spiro atoms. The van der Waals surface area contributed by atoms with Crippen molar-refractivity contribution >= 4 is 20.1 Å². The number of carbonyl (C=O) groups excluding carboxylic acids is 2. The molecule has 0 aliphatic heterocycles. The monoisotopic (exact) mass is 433 g/mol. The van der Waals surface area contributed by atoms with Crippen LogP contribution in [0.15, 0.2) is 0 Å². The first-order valence-corrected chi connectivity index (χ1v) is 12.5. The first-order valence-electron chi connectivity index (χ1n) is 10.9. The number of alkyl carbamates (subject to hydrolysis) is 1.